The Bertz CT molecular complexity index is 410. The summed E-state index contributed by atoms with van der Waals surface area (Å²) in [5.74, 6) is 0.0622. The second kappa shape index (κ2) is 6.06. The number of aliphatic hydroxyl groups is 1. The van der Waals surface area contributed by atoms with E-state index >= 15 is 0 Å². The predicted octanol–water partition coefficient (Wildman–Crippen LogP) is 2.83. The van der Waals surface area contributed by atoms with Crippen molar-refractivity contribution in [2.45, 2.75) is 57.1 Å². The van der Waals surface area contributed by atoms with E-state index in [1.807, 2.05) is 7.05 Å². The molecule has 2 rings (SSSR count). The van der Waals surface area contributed by atoms with Gasteiger partial charge in [-0.15, -0.1) is 0 Å². The van der Waals surface area contributed by atoms with Gasteiger partial charge in [0.05, 0.1) is 12.0 Å². The first-order valence-corrected chi connectivity index (χ1v) is 7.94. The number of thiophene rings is 1. The molecule has 0 aromatic carbocycles. The highest BCUT2D eigenvalue weighted by molar-refractivity contribution is 7.07. The second-order valence-corrected chi connectivity index (χ2v) is 6.58. The fourth-order valence-corrected chi connectivity index (χ4v) is 3.43. The third-order valence-electron chi connectivity index (χ3n) is 4.18. The van der Waals surface area contributed by atoms with Gasteiger partial charge in [0.25, 0.3) is 0 Å². The minimum absolute atomic E-state index is 0.0622. The smallest absolute Gasteiger partial charge is 0.225 e. The molecule has 0 saturated heterocycles. The van der Waals surface area contributed by atoms with Gasteiger partial charge in [-0.1, -0.05) is 12.8 Å². The molecule has 1 aromatic rings. The summed E-state index contributed by atoms with van der Waals surface area (Å²) in [5, 5.41) is 14.5. The highest BCUT2D eigenvalue weighted by Gasteiger charge is 2.34. The third kappa shape index (κ3) is 3.80. The molecule has 1 atom stereocenters. The van der Waals surface area contributed by atoms with Crippen molar-refractivity contribution < 1.29 is 9.90 Å². The monoisotopic (exact) mass is 281 g/mol. The predicted molar refractivity (Wildman–Crippen MR) is 78.3 cm³/mol. The van der Waals surface area contributed by atoms with Crippen molar-refractivity contribution in [1.82, 2.24) is 4.90 Å². The Morgan fingerprint density at radius 2 is 2.21 bits per heavy atom. The lowest BCUT2D eigenvalue weighted by Crippen LogP contribution is -2.41. The molecule has 4 heteroatoms. The third-order valence-corrected chi connectivity index (χ3v) is 4.91. The van der Waals surface area contributed by atoms with Crippen molar-refractivity contribution in [1.29, 1.82) is 0 Å². The van der Waals surface area contributed by atoms with Crippen molar-refractivity contribution in [3.05, 3.63) is 22.4 Å². The number of hydrogen-bond donors (Lipinski definition) is 1. The van der Waals surface area contributed by atoms with Crippen LogP contribution >= 0.6 is 11.3 Å². The zero-order chi connectivity index (χ0) is 13.9. The van der Waals surface area contributed by atoms with E-state index in [2.05, 4.69) is 23.8 Å². The van der Waals surface area contributed by atoms with Gasteiger partial charge in [-0.05, 0) is 48.6 Å². The summed E-state index contributed by atoms with van der Waals surface area (Å²) in [4.78, 5) is 14.0. The lowest BCUT2D eigenvalue weighted by Gasteiger charge is -2.29. The van der Waals surface area contributed by atoms with E-state index in [0.29, 0.717) is 0 Å². The van der Waals surface area contributed by atoms with E-state index in [1.54, 1.807) is 16.2 Å². The quantitative estimate of drug-likeness (QED) is 0.901. The second-order valence-electron chi connectivity index (χ2n) is 5.80. The number of carbonyl (C=O) groups is 1. The molecule has 1 fully saturated rings. The standard InChI is InChI=1S/C15H23NO2S/c1-12(9-13-5-8-19-11-13)16(2)14(17)10-15(18)6-3-4-7-15/h5,8,11-12,18H,3-4,6-7,9-10H2,1-2H3. The van der Waals surface area contributed by atoms with E-state index in [9.17, 15) is 9.90 Å². The number of rotatable bonds is 5. The van der Waals surface area contributed by atoms with Crippen LogP contribution in [0.15, 0.2) is 16.8 Å². The summed E-state index contributed by atoms with van der Waals surface area (Å²) < 4.78 is 0. The maximum Gasteiger partial charge on any atom is 0.225 e. The van der Waals surface area contributed by atoms with Crippen molar-refractivity contribution >= 4 is 17.2 Å². The maximum atomic E-state index is 12.2. The lowest BCUT2D eigenvalue weighted by molar-refractivity contribution is -0.136. The SMILES string of the molecule is CC(Cc1ccsc1)N(C)C(=O)CC1(O)CCCC1. The largest absolute Gasteiger partial charge is 0.389 e. The fraction of sp³-hybridized carbons (Fsp3) is 0.667. The van der Waals surface area contributed by atoms with Gasteiger partial charge >= 0.3 is 0 Å². The Morgan fingerprint density at radius 3 is 2.79 bits per heavy atom. The number of likely N-dealkylation sites (N-methyl/N-ethyl adjacent to an activating group) is 1. The molecule has 19 heavy (non-hydrogen) atoms. The molecule has 1 heterocycles. The fourth-order valence-electron chi connectivity index (χ4n) is 2.75. The zero-order valence-electron chi connectivity index (χ0n) is 11.8. The number of amides is 1. The number of nitrogens with zero attached hydrogens (tertiary/aromatic N) is 1. The molecule has 1 saturated carbocycles. The molecule has 0 radical (unpaired) electrons. The van der Waals surface area contributed by atoms with E-state index in [4.69, 9.17) is 0 Å². The summed E-state index contributed by atoms with van der Waals surface area (Å²) in [6, 6.07) is 2.27. The zero-order valence-corrected chi connectivity index (χ0v) is 12.6. The summed E-state index contributed by atoms with van der Waals surface area (Å²) in [6.45, 7) is 2.06. The Balaban J connectivity index is 1.87. The van der Waals surface area contributed by atoms with Crippen LogP contribution in [0.5, 0.6) is 0 Å². The van der Waals surface area contributed by atoms with Gasteiger partial charge in [-0.3, -0.25) is 4.79 Å². The molecule has 0 spiro atoms. The van der Waals surface area contributed by atoms with Crippen LogP contribution in [-0.4, -0.2) is 34.6 Å². The van der Waals surface area contributed by atoms with Gasteiger partial charge in [0.2, 0.25) is 5.91 Å². The highest BCUT2D eigenvalue weighted by Crippen LogP contribution is 2.32. The van der Waals surface area contributed by atoms with E-state index in [-0.39, 0.29) is 18.4 Å². The molecule has 1 amide bonds. The van der Waals surface area contributed by atoms with Crippen molar-refractivity contribution in [3.63, 3.8) is 0 Å². The molecule has 1 unspecified atom stereocenters. The molecule has 1 N–H and O–H groups in total. The maximum absolute atomic E-state index is 12.2. The minimum Gasteiger partial charge on any atom is -0.389 e. The highest BCUT2D eigenvalue weighted by atomic mass is 32.1. The molecule has 0 bridgehead atoms. The first kappa shape index (κ1) is 14.5. The van der Waals surface area contributed by atoms with E-state index in [0.717, 1.165) is 32.1 Å². The summed E-state index contributed by atoms with van der Waals surface area (Å²) in [5.41, 5.74) is 0.532. The Kier molecular flexibility index (Phi) is 4.63. The first-order valence-electron chi connectivity index (χ1n) is 6.99. The normalized spacial score (nSPS) is 19.3. The van der Waals surface area contributed by atoms with Crippen molar-refractivity contribution in [2.75, 3.05) is 7.05 Å². The average molecular weight is 281 g/mol. The summed E-state index contributed by atoms with van der Waals surface area (Å²) >= 11 is 1.68. The molecule has 1 aliphatic carbocycles. The topological polar surface area (TPSA) is 40.5 Å². The van der Waals surface area contributed by atoms with Crippen LogP contribution in [0, 0.1) is 0 Å². The molecule has 0 aliphatic heterocycles. The Hall–Kier alpha value is -0.870. The van der Waals surface area contributed by atoms with Crippen molar-refractivity contribution in [3.8, 4) is 0 Å². The molecule has 106 valence electrons. The Labute approximate surface area is 119 Å². The molecular weight excluding hydrogens is 258 g/mol. The van der Waals surface area contributed by atoms with Crippen LogP contribution in [-0.2, 0) is 11.2 Å². The van der Waals surface area contributed by atoms with Crippen LogP contribution in [0.4, 0.5) is 0 Å². The lowest BCUT2D eigenvalue weighted by atomic mass is 9.96. The number of hydrogen-bond acceptors (Lipinski definition) is 3. The Morgan fingerprint density at radius 1 is 1.53 bits per heavy atom. The van der Waals surface area contributed by atoms with Crippen LogP contribution in [0.25, 0.3) is 0 Å². The summed E-state index contributed by atoms with van der Waals surface area (Å²) in [6.07, 6.45) is 4.77. The van der Waals surface area contributed by atoms with E-state index < -0.39 is 5.60 Å². The van der Waals surface area contributed by atoms with Crippen LogP contribution in [0.3, 0.4) is 0 Å². The summed E-state index contributed by atoms with van der Waals surface area (Å²) in [7, 11) is 1.84. The minimum atomic E-state index is -0.743. The molecule has 1 aromatic heterocycles. The van der Waals surface area contributed by atoms with Crippen molar-refractivity contribution in [2.24, 2.45) is 0 Å². The molecule has 1 aliphatic rings. The van der Waals surface area contributed by atoms with Crippen LogP contribution in [0.2, 0.25) is 0 Å². The molecular formula is C15H23NO2S. The van der Waals surface area contributed by atoms with Crippen LogP contribution in [0.1, 0.15) is 44.6 Å². The van der Waals surface area contributed by atoms with Crippen LogP contribution < -0.4 is 0 Å². The molecule has 3 nitrogen and oxygen atoms in total. The van der Waals surface area contributed by atoms with Gasteiger partial charge in [-0.2, -0.15) is 11.3 Å². The first-order chi connectivity index (χ1) is 9.00. The van der Waals surface area contributed by atoms with E-state index in [1.165, 1.54) is 5.56 Å². The van der Waals surface area contributed by atoms with Gasteiger partial charge in [0.1, 0.15) is 0 Å². The van der Waals surface area contributed by atoms with Gasteiger partial charge < -0.3 is 10.0 Å². The number of carbonyl (C=O) groups excluding carboxylic acids is 1. The average Bonchev–Trinajstić information content (AvgIpc) is 3.00. The van der Waals surface area contributed by atoms with Gasteiger partial charge in [0.15, 0.2) is 0 Å². The van der Waals surface area contributed by atoms with Gasteiger partial charge in [0, 0.05) is 13.1 Å². The van der Waals surface area contributed by atoms with Gasteiger partial charge in [-0.25, -0.2) is 0 Å².